The maximum absolute atomic E-state index is 13.5. The molecule has 4 aromatic rings. The zero-order valence-electron chi connectivity index (χ0n) is 25.4. The zero-order chi connectivity index (χ0) is 31.9. The number of benzene rings is 3. The molecule has 2 aliphatic heterocycles. The number of fused-ring (bicyclic) bond motifs is 5. The zero-order valence-corrected chi connectivity index (χ0v) is 25.4. The van der Waals surface area contributed by atoms with Gasteiger partial charge in [-0.1, -0.05) is 24.3 Å². The first kappa shape index (κ1) is 30.7. The number of likely N-dealkylation sites (tertiary alicyclic amines) is 1. The number of amides is 3. The standard InChI is InChI=1S/C33H35N7O6/c1-44-27-15-25-16-28(17-27)46-26-5-2-4-23(14-26)20-45-30-11-13-39(19-29(30)36-31(41)6-3-12-34-32(25)42)33(43)24-9-7-22(8-10-24)18-40-21-35-37-38-40/h2,4-5,7-10,14-17,21,29-30H,3,6,11-13,18-20H2,1H3,(H,34,42)(H,36,41)/t29-,30-/m0/s1. The summed E-state index contributed by atoms with van der Waals surface area (Å²) in [6.07, 6.45) is 2.42. The number of nitrogens with zero attached hydrogens (tertiary/aromatic N) is 5. The normalized spacial score (nSPS) is 19.0. The minimum Gasteiger partial charge on any atom is -0.497 e. The van der Waals surface area contributed by atoms with Gasteiger partial charge >= 0.3 is 0 Å². The van der Waals surface area contributed by atoms with Gasteiger partial charge in [0, 0.05) is 43.2 Å². The second-order valence-electron chi connectivity index (χ2n) is 11.3. The fraction of sp³-hybridized carbons (Fsp3) is 0.333. The van der Waals surface area contributed by atoms with Gasteiger partial charge in [0.1, 0.15) is 23.6 Å². The minimum atomic E-state index is -0.413. The lowest BCUT2D eigenvalue weighted by atomic mass is 10.00. The first-order valence-electron chi connectivity index (χ1n) is 15.2. The molecule has 4 bridgehead atoms. The lowest BCUT2D eigenvalue weighted by molar-refractivity contribution is -0.124. The number of aromatic nitrogens is 4. The van der Waals surface area contributed by atoms with Crippen molar-refractivity contribution in [2.45, 2.75) is 44.6 Å². The molecule has 0 unspecified atom stereocenters. The molecule has 0 aliphatic carbocycles. The van der Waals surface area contributed by atoms with E-state index in [1.807, 2.05) is 36.4 Å². The number of ether oxygens (including phenoxy) is 3. The Balaban J connectivity index is 1.17. The Morgan fingerprint density at radius 2 is 1.93 bits per heavy atom. The fourth-order valence-corrected chi connectivity index (χ4v) is 5.58. The van der Waals surface area contributed by atoms with Crippen LogP contribution in [0.2, 0.25) is 0 Å². The van der Waals surface area contributed by atoms with Gasteiger partial charge in [-0.3, -0.25) is 14.4 Å². The number of hydrogen-bond donors (Lipinski definition) is 2. The van der Waals surface area contributed by atoms with Crippen LogP contribution >= 0.6 is 0 Å². The van der Waals surface area contributed by atoms with Crippen LogP contribution in [0.3, 0.4) is 0 Å². The van der Waals surface area contributed by atoms with E-state index in [0.717, 1.165) is 11.1 Å². The van der Waals surface area contributed by atoms with Crippen LogP contribution in [0.15, 0.2) is 73.1 Å². The van der Waals surface area contributed by atoms with Crippen LogP contribution in [0.5, 0.6) is 17.2 Å². The molecule has 46 heavy (non-hydrogen) atoms. The van der Waals surface area contributed by atoms with Gasteiger partial charge in [0.15, 0.2) is 0 Å². The van der Waals surface area contributed by atoms with Crippen LogP contribution < -0.4 is 20.1 Å². The SMILES string of the molecule is COc1cc2cc(c1)C(=O)NCCCC(=O)N[C@H]1CN(C(=O)c3ccc(Cn4cnnn4)cc3)CC[C@@H]1OCc1cccc(c1)O2. The summed E-state index contributed by atoms with van der Waals surface area (Å²) in [5.74, 6) is 0.947. The summed E-state index contributed by atoms with van der Waals surface area (Å²) in [5, 5.41) is 17.1. The van der Waals surface area contributed by atoms with Crippen molar-refractivity contribution in [1.82, 2.24) is 35.7 Å². The summed E-state index contributed by atoms with van der Waals surface area (Å²) in [6.45, 7) is 1.88. The van der Waals surface area contributed by atoms with E-state index in [2.05, 4.69) is 26.2 Å². The van der Waals surface area contributed by atoms with Gasteiger partial charge in [-0.15, -0.1) is 5.10 Å². The van der Waals surface area contributed by atoms with E-state index >= 15 is 0 Å². The molecule has 3 amide bonds. The van der Waals surface area contributed by atoms with Gasteiger partial charge in [-0.2, -0.15) is 0 Å². The van der Waals surface area contributed by atoms with Crippen molar-refractivity contribution in [2.24, 2.45) is 0 Å². The van der Waals surface area contributed by atoms with E-state index in [9.17, 15) is 14.4 Å². The highest BCUT2D eigenvalue weighted by molar-refractivity contribution is 5.95. The fourth-order valence-electron chi connectivity index (χ4n) is 5.58. The summed E-state index contributed by atoms with van der Waals surface area (Å²) < 4.78 is 19.5. The molecule has 0 radical (unpaired) electrons. The number of methoxy groups -OCH3 is 1. The largest absolute Gasteiger partial charge is 0.497 e. The number of carbonyl (C=O) groups excluding carboxylic acids is 3. The van der Waals surface area contributed by atoms with Crippen molar-refractivity contribution in [2.75, 3.05) is 26.7 Å². The van der Waals surface area contributed by atoms with E-state index in [4.69, 9.17) is 14.2 Å². The van der Waals surface area contributed by atoms with Gasteiger partial charge in [-0.05, 0) is 70.8 Å². The highest BCUT2D eigenvalue weighted by Gasteiger charge is 2.33. The predicted octanol–water partition coefficient (Wildman–Crippen LogP) is 2.96. The Morgan fingerprint density at radius 3 is 2.74 bits per heavy atom. The second kappa shape index (κ2) is 14.2. The summed E-state index contributed by atoms with van der Waals surface area (Å²) >= 11 is 0. The number of nitrogens with one attached hydrogen (secondary N) is 2. The molecule has 0 spiro atoms. The van der Waals surface area contributed by atoms with Crippen molar-refractivity contribution in [1.29, 1.82) is 0 Å². The van der Waals surface area contributed by atoms with Crippen molar-refractivity contribution < 1.29 is 28.6 Å². The minimum absolute atomic E-state index is 0.117. The monoisotopic (exact) mass is 625 g/mol. The van der Waals surface area contributed by atoms with Crippen molar-refractivity contribution in [3.8, 4) is 17.2 Å². The molecular weight excluding hydrogens is 590 g/mol. The third-order valence-electron chi connectivity index (χ3n) is 7.96. The van der Waals surface area contributed by atoms with Gasteiger partial charge in [0.2, 0.25) is 5.91 Å². The average Bonchev–Trinajstić information content (AvgIpc) is 3.59. The van der Waals surface area contributed by atoms with Crippen LogP contribution in [0.25, 0.3) is 0 Å². The highest BCUT2D eigenvalue weighted by Crippen LogP contribution is 2.29. The number of carbonyl (C=O) groups is 3. The number of piperidine rings is 1. The summed E-state index contributed by atoms with van der Waals surface area (Å²) in [7, 11) is 1.53. The lowest BCUT2D eigenvalue weighted by Crippen LogP contribution is -2.57. The van der Waals surface area contributed by atoms with Crippen LogP contribution in [0, 0.1) is 0 Å². The number of rotatable bonds is 4. The molecule has 1 aromatic heterocycles. The Hall–Kier alpha value is -5.30. The molecule has 13 nitrogen and oxygen atoms in total. The first-order valence-corrected chi connectivity index (χ1v) is 15.2. The van der Waals surface area contributed by atoms with Gasteiger partial charge in [0.25, 0.3) is 11.8 Å². The van der Waals surface area contributed by atoms with E-state index in [0.29, 0.717) is 67.4 Å². The smallest absolute Gasteiger partial charge is 0.253 e. The van der Waals surface area contributed by atoms with Crippen molar-refractivity contribution in [3.05, 3.63) is 95.3 Å². The van der Waals surface area contributed by atoms with E-state index in [1.165, 1.54) is 13.4 Å². The van der Waals surface area contributed by atoms with Crippen LogP contribution in [0.4, 0.5) is 0 Å². The summed E-state index contributed by atoms with van der Waals surface area (Å²) in [6, 6.07) is 19.5. The van der Waals surface area contributed by atoms with Crippen molar-refractivity contribution in [3.63, 3.8) is 0 Å². The molecule has 1 fully saturated rings. The number of tetrazole rings is 1. The van der Waals surface area contributed by atoms with Gasteiger partial charge in [-0.25, -0.2) is 4.68 Å². The van der Waals surface area contributed by atoms with Crippen LogP contribution in [0.1, 0.15) is 51.1 Å². The first-order chi connectivity index (χ1) is 22.4. The molecule has 3 aromatic carbocycles. The topological polar surface area (TPSA) is 150 Å². The second-order valence-corrected chi connectivity index (χ2v) is 11.3. The molecule has 6 rings (SSSR count). The summed E-state index contributed by atoms with van der Waals surface area (Å²) in [5.41, 5.74) is 2.79. The average molecular weight is 626 g/mol. The molecule has 13 heteroatoms. The Kier molecular flexibility index (Phi) is 9.48. The molecule has 0 saturated carbocycles. The van der Waals surface area contributed by atoms with Crippen molar-refractivity contribution >= 4 is 17.7 Å². The molecule has 2 atom stereocenters. The quantitative estimate of drug-likeness (QED) is 0.349. The molecule has 1 saturated heterocycles. The third-order valence-corrected chi connectivity index (χ3v) is 7.96. The van der Waals surface area contributed by atoms with E-state index < -0.39 is 6.04 Å². The molecule has 3 heterocycles. The Bertz CT molecular complexity index is 1680. The van der Waals surface area contributed by atoms with E-state index in [-0.39, 0.29) is 36.9 Å². The molecule has 2 N–H and O–H groups in total. The Labute approximate surface area is 265 Å². The maximum Gasteiger partial charge on any atom is 0.253 e. The van der Waals surface area contributed by atoms with E-state index in [1.54, 1.807) is 39.9 Å². The van der Waals surface area contributed by atoms with Gasteiger partial charge in [0.05, 0.1) is 32.4 Å². The Morgan fingerprint density at radius 1 is 1.07 bits per heavy atom. The molecule has 238 valence electrons. The maximum atomic E-state index is 13.5. The van der Waals surface area contributed by atoms with Crippen LogP contribution in [-0.2, 0) is 22.7 Å². The third kappa shape index (κ3) is 7.67. The number of hydrogen-bond acceptors (Lipinski definition) is 9. The lowest BCUT2D eigenvalue weighted by Gasteiger charge is -2.39. The van der Waals surface area contributed by atoms with Crippen LogP contribution in [-0.4, -0.2) is 81.7 Å². The summed E-state index contributed by atoms with van der Waals surface area (Å²) in [4.78, 5) is 41.2. The van der Waals surface area contributed by atoms with Gasteiger partial charge < -0.3 is 29.7 Å². The highest BCUT2D eigenvalue weighted by atomic mass is 16.5. The molecular formula is C33H35N7O6. The predicted molar refractivity (Wildman–Crippen MR) is 165 cm³/mol. The molecule has 2 aliphatic rings.